The standard InChI is InChI=1S/C15H21ClO2/c1-10(2)17-13-7-5-12(6-8-13)15(16)14-9-4-11(3)18-14/h5-8,10-11,14-15H,4,9H2,1-3H3. The fourth-order valence-electron chi connectivity index (χ4n) is 2.27. The molecular weight excluding hydrogens is 248 g/mol. The molecule has 1 aromatic carbocycles. The van der Waals surface area contributed by atoms with Crippen LogP contribution in [0.15, 0.2) is 24.3 Å². The van der Waals surface area contributed by atoms with E-state index in [-0.39, 0.29) is 17.6 Å². The van der Waals surface area contributed by atoms with Gasteiger partial charge in [0.15, 0.2) is 0 Å². The maximum absolute atomic E-state index is 6.47. The van der Waals surface area contributed by atoms with Gasteiger partial charge >= 0.3 is 0 Å². The van der Waals surface area contributed by atoms with Crippen LogP contribution < -0.4 is 4.74 Å². The molecule has 3 atom stereocenters. The maximum Gasteiger partial charge on any atom is 0.119 e. The molecule has 0 spiro atoms. The van der Waals surface area contributed by atoms with Crippen molar-refractivity contribution in [3.05, 3.63) is 29.8 Å². The molecule has 2 nitrogen and oxygen atoms in total. The molecule has 3 heteroatoms. The van der Waals surface area contributed by atoms with Gasteiger partial charge in [0.25, 0.3) is 0 Å². The van der Waals surface area contributed by atoms with E-state index >= 15 is 0 Å². The van der Waals surface area contributed by atoms with Crippen molar-refractivity contribution in [2.75, 3.05) is 0 Å². The number of hydrogen-bond donors (Lipinski definition) is 0. The average molecular weight is 269 g/mol. The van der Waals surface area contributed by atoms with Gasteiger partial charge in [0.05, 0.1) is 23.7 Å². The van der Waals surface area contributed by atoms with Crippen LogP contribution in [0, 0.1) is 0 Å². The Morgan fingerprint density at radius 1 is 1.22 bits per heavy atom. The Bertz CT molecular complexity index is 375. The Hall–Kier alpha value is -0.730. The first-order valence-corrected chi connectivity index (χ1v) is 7.06. The van der Waals surface area contributed by atoms with Gasteiger partial charge in [0.1, 0.15) is 5.75 Å². The minimum Gasteiger partial charge on any atom is -0.491 e. The van der Waals surface area contributed by atoms with Crippen LogP contribution in [0.4, 0.5) is 0 Å². The Kier molecular flexibility index (Phi) is 4.52. The summed E-state index contributed by atoms with van der Waals surface area (Å²) in [5.41, 5.74) is 1.10. The van der Waals surface area contributed by atoms with Crippen molar-refractivity contribution in [2.24, 2.45) is 0 Å². The van der Waals surface area contributed by atoms with Crippen molar-refractivity contribution in [1.82, 2.24) is 0 Å². The first-order valence-electron chi connectivity index (χ1n) is 6.62. The number of ether oxygens (including phenoxy) is 2. The van der Waals surface area contributed by atoms with Gasteiger partial charge in [-0.05, 0) is 51.3 Å². The fraction of sp³-hybridized carbons (Fsp3) is 0.600. The summed E-state index contributed by atoms with van der Waals surface area (Å²) in [5.74, 6) is 0.887. The molecule has 1 heterocycles. The summed E-state index contributed by atoms with van der Waals surface area (Å²) >= 11 is 6.47. The zero-order chi connectivity index (χ0) is 13.1. The minimum absolute atomic E-state index is 0.0666. The zero-order valence-corrected chi connectivity index (χ0v) is 12.0. The Labute approximate surface area is 114 Å². The van der Waals surface area contributed by atoms with Gasteiger partial charge in [-0.2, -0.15) is 0 Å². The SMILES string of the molecule is CC(C)Oc1ccc(C(Cl)C2CCC(C)O2)cc1. The highest BCUT2D eigenvalue weighted by Crippen LogP contribution is 2.35. The Morgan fingerprint density at radius 2 is 1.89 bits per heavy atom. The summed E-state index contributed by atoms with van der Waals surface area (Å²) in [5, 5.41) is -0.0666. The van der Waals surface area contributed by atoms with E-state index in [0.29, 0.717) is 6.10 Å². The van der Waals surface area contributed by atoms with E-state index in [9.17, 15) is 0 Å². The second-order valence-corrected chi connectivity index (χ2v) is 5.67. The van der Waals surface area contributed by atoms with Crippen LogP contribution in [0.2, 0.25) is 0 Å². The molecule has 100 valence electrons. The topological polar surface area (TPSA) is 18.5 Å². The molecule has 1 aromatic rings. The van der Waals surface area contributed by atoms with E-state index in [1.54, 1.807) is 0 Å². The molecule has 18 heavy (non-hydrogen) atoms. The molecule has 1 aliphatic heterocycles. The first-order chi connectivity index (χ1) is 8.56. The second-order valence-electron chi connectivity index (χ2n) is 5.20. The second kappa shape index (κ2) is 5.94. The lowest BCUT2D eigenvalue weighted by Crippen LogP contribution is -2.14. The molecular formula is C15H21ClO2. The van der Waals surface area contributed by atoms with Crippen LogP contribution >= 0.6 is 11.6 Å². The maximum atomic E-state index is 6.47. The van der Waals surface area contributed by atoms with Crippen LogP contribution in [0.1, 0.15) is 44.6 Å². The minimum atomic E-state index is -0.0666. The number of hydrogen-bond acceptors (Lipinski definition) is 2. The van der Waals surface area contributed by atoms with Crippen molar-refractivity contribution < 1.29 is 9.47 Å². The predicted octanol–water partition coefficient (Wildman–Crippen LogP) is 4.32. The molecule has 0 radical (unpaired) electrons. The normalized spacial score (nSPS) is 25.4. The Morgan fingerprint density at radius 3 is 2.39 bits per heavy atom. The lowest BCUT2D eigenvalue weighted by Gasteiger charge is -2.18. The van der Waals surface area contributed by atoms with Crippen LogP contribution in [0.5, 0.6) is 5.75 Å². The summed E-state index contributed by atoms with van der Waals surface area (Å²) in [6.45, 7) is 6.14. The fourth-order valence-corrected chi connectivity index (χ4v) is 2.60. The highest BCUT2D eigenvalue weighted by molar-refractivity contribution is 6.21. The van der Waals surface area contributed by atoms with Crippen LogP contribution in [0.25, 0.3) is 0 Å². The molecule has 0 aromatic heterocycles. The molecule has 0 saturated carbocycles. The summed E-state index contributed by atoms with van der Waals surface area (Å²) in [4.78, 5) is 0. The number of rotatable bonds is 4. The number of benzene rings is 1. The molecule has 2 rings (SSSR count). The van der Waals surface area contributed by atoms with Crippen molar-refractivity contribution in [2.45, 2.75) is 57.3 Å². The third kappa shape index (κ3) is 3.39. The molecule has 0 aliphatic carbocycles. The van der Waals surface area contributed by atoms with Gasteiger partial charge in [-0.25, -0.2) is 0 Å². The third-order valence-electron chi connectivity index (χ3n) is 3.16. The number of alkyl halides is 1. The lowest BCUT2D eigenvalue weighted by atomic mass is 10.0. The summed E-state index contributed by atoms with van der Waals surface area (Å²) in [6.07, 6.45) is 2.81. The zero-order valence-electron chi connectivity index (χ0n) is 11.2. The van der Waals surface area contributed by atoms with Crippen LogP contribution in [-0.2, 0) is 4.74 Å². The van der Waals surface area contributed by atoms with Gasteiger partial charge in [0, 0.05) is 0 Å². The van der Waals surface area contributed by atoms with Crippen LogP contribution in [-0.4, -0.2) is 18.3 Å². The van der Waals surface area contributed by atoms with Gasteiger partial charge in [-0.1, -0.05) is 12.1 Å². The third-order valence-corrected chi connectivity index (χ3v) is 3.69. The lowest BCUT2D eigenvalue weighted by molar-refractivity contribution is 0.0533. The van der Waals surface area contributed by atoms with E-state index in [2.05, 4.69) is 6.92 Å². The summed E-state index contributed by atoms with van der Waals surface area (Å²) in [6, 6.07) is 8.01. The molecule has 1 aliphatic rings. The van der Waals surface area contributed by atoms with Crippen molar-refractivity contribution in [3.8, 4) is 5.75 Å². The van der Waals surface area contributed by atoms with Gasteiger partial charge in [-0.3, -0.25) is 0 Å². The molecule has 0 amide bonds. The predicted molar refractivity (Wildman–Crippen MR) is 74.4 cm³/mol. The molecule has 0 N–H and O–H groups in total. The molecule has 1 fully saturated rings. The van der Waals surface area contributed by atoms with Crippen molar-refractivity contribution in [1.29, 1.82) is 0 Å². The quantitative estimate of drug-likeness (QED) is 0.757. The highest BCUT2D eigenvalue weighted by Gasteiger charge is 2.29. The van der Waals surface area contributed by atoms with Gasteiger partial charge < -0.3 is 9.47 Å². The smallest absolute Gasteiger partial charge is 0.119 e. The van der Waals surface area contributed by atoms with Crippen LogP contribution in [0.3, 0.4) is 0 Å². The Balaban J connectivity index is 2.00. The number of halogens is 1. The van der Waals surface area contributed by atoms with Crippen molar-refractivity contribution in [3.63, 3.8) is 0 Å². The van der Waals surface area contributed by atoms with Crippen molar-refractivity contribution >= 4 is 11.6 Å². The van der Waals surface area contributed by atoms with E-state index < -0.39 is 0 Å². The van der Waals surface area contributed by atoms with E-state index in [4.69, 9.17) is 21.1 Å². The largest absolute Gasteiger partial charge is 0.491 e. The van der Waals surface area contributed by atoms with E-state index in [1.807, 2.05) is 38.1 Å². The summed E-state index contributed by atoms with van der Waals surface area (Å²) in [7, 11) is 0. The van der Waals surface area contributed by atoms with Gasteiger partial charge in [-0.15, -0.1) is 11.6 Å². The van der Waals surface area contributed by atoms with Gasteiger partial charge in [0.2, 0.25) is 0 Å². The highest BCUT2D eigenvalue weighted by atomic mass is 35.5. The monoisotopic (exact) mass is 268 g/mol. The average Bonchev–Trinajstić information content (AvgIpc) is 2.75. The molecule has 1 saturated heterocycles. The molecule has 3 unspecified atom stereocenters. The van der Waals surface area contributed by atoms with E-state index in [1.165, 1.54) is 0 Å². The first kappa shape index (κ1) is 13.7. The summed E-state index contributed by atoms with van der Waals surface area (Å²) < 4.78 is 11.4. The van der Waals surface area contributed by atoms with E-state index in [0.717, 1.165) is 24.2 Å². The molecule has 0 bridgehead atoms.